The number of carboxylic acid groups (broad SMARTS) is 1. The molecule has 1 aliphatic rings. The third-order valence-electron chi connectivity index (χ3n) is 2.98. The van der Waals surface area contributed by atoms with E-state index in [0.29, 0.717) is 0 Å². The number of hydrogen-bond acceptors (Lipinski definition) is 4. The molecule has 1 heterocycles. The smallest absolute Gasteiger partial charge is 0.548 e. The molecule has 2 rings (SSSR count). The van der Waals surface area contributed by atoms with Crippen LogP contribution in [-0.4, -0.2) is 28.7 Å². The van der Waals surface area contributed by atoms with Crippen LogP contribution in [0.4, 0.5) is 0 Å². The third-order valence-corrected chi connectivity index (χ3v) is 2.98. The van der Waals surface area contributed by atoms with Crippen molar-refractivity contribution in [2.75, 3.05) is 0 Å². The topological polar surface area (TPSA) is 77.5 Å². The van der Waals surface area contributed by atoms with Gasteiger partial charge < -0.3 is 9.90 Å². The van der Waals surface area contributed by atoms with Crippen molar-refractivity contribution in [1.82, 2.24) is 4.90 Å². The number of fused-ring (bicyclic) bond motifs is 1. The summed E-state index contributed by atoms with van der Waals surface area (Å²) in [5, 5.41) is 11.1. The van der Waals surface area contributed by atoms with Crippen LogP contribution >= 0.6 is 0 Å². The standard InChI is InChI=1S/C13H13NO4.Na/c1-7(2)10(13(17)18)14-11(15)8-5-3-4-6-9(8)12(14)16;/h3-7,10H,1-2H3,(H,17,18);/q;+1/p-1. The zero-order valence-corrected chi connectivity index (χ0v) is 13.0. The van der Waals surface area contributed by atoms with Crippen molar-refractivity contribution in [2.45, 2.75) is 19.9 Å². The first-order valence-electron chi connectivity index (χ1n) is 5.63. The van der Waals surface area contributed by atoms with Crippen LogP contribution in [0.15, 0.2) is 24.3 Å². The molecular formula is C13H12NNaO4. The molecule has 0 saturated heterocycles. The Balaban J connectivity index is 0.00000180. The van der Waals surface area contributed by atoms with E-state index in [2.05, 4.69) is 0 Å². The van der Waals surface area contributed by atoms with E-state index in [4.69, 9.17) is 0 Å². The van der Waals surface area contributed by atoms with E-state index in [-0.39, 0.29) is 40.7 Å². The van der Waals surface area contributed by atoms with Crippen molar-refractivity contribution in [3.05, 3.63) is 35.4 Å². The average molecular weight is 269 g/mol. The predicted octanol–water partition coefficient (Wildman–Crippen LogP) is -2.94. The second-order valence-corrected chi connectivity index (χ2v) is 4.53. The van der Waals surface area contributed by atoms with Gasteiger partial charge in [0.05, 0.1) is 23.1 Å². The number of rotatable bonds is 3. The van der Waals surface area contributed by atoms with E-state index in [1.54, 1.807) is 26.0 Å². The van der Waals surface area contributed by atoms with Gasteiger partial charge in [0.2, 0.25) is 0 Å². The van der Waals surface area contributed by atoms with E-state index in [0.717, 1.165) is 4.90 Å². The van der Waals surface area contributed by atoms with Crippen molar-refractivity contribution in [3.63, 3.8) is 0 Å². The summed E-state index contributed by atoms with van der Waals surface area (Å²) in [5.74, 6) is -2.96. The molecule has 1 unspecified atom stereocenters. The van der Waals surface area contributed by atoms with Gasteiger partial charge in [-0.1, -0.05) is 26.0 Å². The molecule has 1 aliphatic heterocycles. The normalized spacial score (nSPS) is 15.2. The Kier molecular flexibility index (Phi) is 4.90. The maximum Gasteiger partial charge on any atom is 1.00 e. The zero-order valence-electron chi connectivity index (χ0n) is 11.0. The monoisotopic (exact) mass is 269 g/mol. The molecule has 0 N–H and O–H groups in total. The van der Waals surface area contributed by atoms with E-state index in [1.165, 1.54) is 12.1 Å². The Bertz CT molecular complexity index is 506. The number of hydrogen-bond donors (Lipinski definition) is 0. The fourth-order valence-electron chi connectivity index (χ4n) is 2.14. The Morgan fingerprint density at radius 3 is 1.84 bits per heavy atom. The quantitative estimate of drug-likeness (QED) is 0.434. The molecule has 2 amide bonds. The van der Waals surface area contributed by atoms with E-state index >= 15 is 0 Å². The summed E-state index contributed by atoms with van der Waals surface area (Å²) < 4.78 is 0. The molecule has 1 aromatic carbocycles. The number of carbonyl (C=O) groups excluding carboxylic acids is 3. The second-order valence-electron chi connectivity index (χ2n) is 4.53. The zero-order chi connectivity index (χ0) is 13.4. The van der Waals surface area contributed by atoms with Crippen LogP contribution in [0.25, 0.3) is 0 Å². The van der Waals surface area contributed by atoms with Crippen LogP contribution in [-0.2, 0) is 4.79 Å². The predicted molar refractivity (Wildman–Crippen MR) is 60.6 cm³/mol. The fraction of sp³-hybridized carbons (Fsp3) is 0.308. The molecule has 0 aromatic heterocycles. The van der Waals surface area contributed by atoms with Gasteiger partial charge in [0.1, 0.15) is 0 Å². The van der Waals surface area contributed by atoms with Gasteiger partial charge in [0.15, 0.2) is 0 Å². The fourth-order valence-corrected chi connectivity index (χ4v) is 2.14. The molecule has 6 heteroatoms. The van der Waals surface area contributed by atoms with Crippen molar-refractivity contribution < 1.29 is 49.0 Å². The molecule has 0 bridgehead atoms. The Morgan fingerprint density at radius 1 is 1.11 bits per heavy atom. The van der Waals surface area contributed by atoms with E-state index in [1.807, 2.05) is 0 Å². The summed E-state index contributed by atoms with van der Waals surface area (Å²) in [5.41, 5.74) is 0.490. The van der Waals surface area contributed by atoms with Gasteiger partial charge in [-0.3, -0.25) is 14.5 Å². The van der Waals surface area contributed by atoms with Crippen LogP contribution < -0.4 is 34.7 Å². The molecule has 0 aliphatic carbocycles. The summed E-state index contributed by atoms with van der Waals surface area (Å²) in [6.45, 7) is 3.26. The maximum atomic E-state index is 12.1. The summed E-state index contributed by atoms with van der Waals surface area (Å²) in [6.07, 6.45) is 0. The van der Waals surface area contributed by atoms with Gasteiger partial charge in [-0.2, -0.15) is 0 Å². The van der Waals surface area contributed by atoms with Gasteiger partial charge >= 0.3 is 29.6 Å². The van der Waals surface area contributed by atoms with Crippen LogP contribution in [0.1, 0.15) is 34.6 Å². The minimum Gasteiger partial charge on any atom is -0.548 e. The summed E-state index contributed by atoms with van der Waals surface area (Å²) >= 11 is 0. The molecule has 19 heavy (non-hydrogen) atoms. The van der Waals surface area contributed by atoms with Crippen LogP contribution in [0.3, 0.4) is 0 Å². The summed E-state index contributed by atoms with van der Waals surface area (Å²) in [6, 6.07) is 5.07. The number of aliphatic carboxylic acids is 1. The number of carboxylic acids is 1. The maximum absolute atomic E-state index is 12.1. The molecular weight excluding hydrogens is 257 g/mol. The number of amides is 2. The van der Waals surface area contributed by atoms with Crippen molar-refractivity contribution in [1.29, 1.82) is 0 Å². The molecule has 0 fully saturated rings. The minimum absolute atomic E-state index is 0. The third kappa shape index (κ3) is 2.59. The van der Waals surface area contributed by atoms with Crippen LogP contribution in [0, 0.1) is 5.92 Å². The van der Waals surface area contributed by atoms with Crippen LogP contribution in [0.2, 0.25) is 0 Å². The van der Waals surface area contributed by atoms with E-state index in [9.17, 15) is 19.5 Å². The number of carbonyl (C=O) groups is 3. The SMILES string of the molecule is CC(C)C(C(=O)[O-])N1C(=O)c2ccccc2C1=O.[Na+]. The number of imide groups is 1. The van der Waals surface area contributed by atoms with Crippen molar-refractivity contribution in [3.8, 4) is 0 Å². The Hall–Kier alpha value is -1.17. The van der Waals surface area contributed by atoms with Gasteiger partial charge in [-0.05, 0) is 18.1 Å². The molecule has 94 valence electrons. The van der Waals surface area contributed by atoms with E-state index < -0.39 is 29.7 Å². The first-order valence-corrected chi connectivity index (χ1v) is 5.63. The Morgan fingerprint density at radius 2 is 1.53 bits per heavy atom. The molecule has 0 saturated carbocycles. The summed E-state index contributed by atoms with van der Waals surface area (Å²) in [7, 11) is 0. The van der Waals surface area contributed by atoms with Crippen LogP contribution in [0.5, 0.6) is 0 Å². The number of nitrogens with zero attached hydrogens (tertiary/aromatic N) is 1. The van der Waals surface area contributed by atoms with Gasteiger partial charge in [0, 0.05) is 0 Å². The van der Waals surface area contributed by atoms with Gasteiger partial charge in [-0.15, -0.1) is 0 Å². The summed E-state index contributed by atoms with van der Waals surface area (Å²) in [4.78, 5) is 36.0. The van der Waals surface area contributed by atoms with Gasteiger partial charge in [-0.25, -0.2) is 0 Å². The first-order chi connectivity index (χ1) is 8.45. The van der Waals surface area contributed by atoms with Crippen molar-refractivity contribution >= 4 is 17.8 Å². The largest absolute Gasteiger partial charge is 1.00 e. The average Bonchev–Trinajstić information content (AvgIpc) is 2.55. The Labute approximate surface area is 132 Å². The molecule has 0 radical (unpaired) electrons. The second kappa shape index (κ2) is 5.86. The first kappa shape index (κ1) is 15.9. The van der Waals surface area contributed by atoms with Crippen molar-refractivity contribution in [2.24, 2.45) is 5.92 Å². The van der Waals surface area contributed by atoms with Gasteiger partial charge in [0.25, 0.3) is 11.8 Å². The molecule has 1 atom stereocenters. The molecule has 5 nitrogen and oxygen atoms in total. The molecule has 1 aromatic rings. The number of benzene rings is 1. The molecule has 0 spiro atoms. The minimum atomic E-state index is -1.42.